The molecule has 3 atom stereocenters. The number of aryl methyl sites for hydroxylation is 1. The largest absolute Gasteiger partial charge is 0.394 e. The van der Waals surface area contributed by atoms with Crippen LogP contribution in [-0.2, 0) is 10.0 Å². The molecule has 0 bridgehead atoms. The van der Waals surface area contributed by atoms with Gasteiger partial charge < -0.3 is 10.4 Å². The van der Waals surface area contributed by atoms with Crippen LogP contribution in [0.3, 0.4) is 0 Å². The molecule has 0 amide bonds. The van der Waals surface area contributed by atoms with Crippen LogP contribution in [0.25, 0.3) is 11.1 Å². The number of hydrogen-bond donors (Lipinski definition) is 2. The Kier molecular flexibility index (Phi) is 5.08. The van der Waals surface area contributed by atoms with Crippen molar-refractivity contribution in [2.75, 3.05) is 18.5 Å². The third-order valence-electron chi connectivity index (χ3n) is 6.61. The quantitative estimate of drug-likeness (QED) is 0.646. The van der Waals surface area contributed by atoms with Crippen LogP contribution in [0, 0.1) is 12.8 Å². The molecule has 0 radical (unpaired) electrons. The molecule has 2 N–H and O–H groups in total. The van der Waals surface area contributed by atoms with E-state index in [2.05, 4.69) is 23.5 Å². The van der Waals surface area contributed by atoms with Crippen LogP contribution in [0.4, 0.5) is 5.69 Å². The molecule has 5 rings (SSSR count). The first kappa shape index (κ1) is 20.2. The van der Waals surface area contributed by atoms with E-state index in [4.69, 9.17) is 0 Å². The van der Waals surface area contributed by atoms with Gasteiger partial charge in [0.1, 0.15) is 0 Å². The first-order valence-electron chi connectivity index (χ1n) is 10.6. The average Bonchev–Trinajstić information content (AvgIpc) is 3.25. The second-order valence-corrected chi connectivity index (χ2v) is 10.2. The lowest BCUT2D eigenvalue weighted by Gasteiger charge is -2.39. The topological polar surface area (TPSA) is 69.6 Å². The molecule has 0 saturated carbocycles. The zero-order valence-corrected chi connectivity index (χ0v) is 18.2. The molecule has 0 spiro atoms. The van der Waals surface area contributed by atoms with Crippen LogP contribution in [0.1, 0.15) is 23.6 Å². The molecule has 2 aliphatic heterocycles. The van der Waals surface area contributed by atoms with E-state index < -0.39 is 10.0 Å². The van der Waals surface area contributed by atoms with Gasteiger partial charge >= 0.3 is 0 Å². The fraction of sp³-hybridized carbons (Fsp3) is 0.280. The minimum atomic E-state index is -3.67. The van der Waals surface area contributed by atoms with E-state index in [1.165, 1.54) is 0 Å². The Hall–Kier alpha value is -2.67. The van der Waals surface area contributed by atoms with Crippen LogP contribution in [-0.4, -0.2) is 37.0 Å². The molecule has 2 aliphatic rings. The number of nitrogens with one attached hydrogen (secondary N) is 1. The van der Waals surface area contributed by atoms with Crippen molar-refractivity contribution < 1.29 is 13.5 Å². The Labute approximate surface area is 183 Å². The summed E-state index contributed by atoms with van der Waals surface area (Å²) in [6.07, 6.45) is 0.711. The lowest BCUT2D eigenvalue weighted by molar-refractivity contribution is 0.210. The van der Waals surface area contributed by atoms with E-state index in [9.17, 15) is 13.5 Å². The highest BCUT2D eigenvalue weighted by atomic mass is 32.2. The summed E-state index contributed by atoms with van der Waals surface area (Å²) in [6, 6.07) is 22.9. The monoisotopic (exact) mass is 434 g/mol. The molecule has 0 aromatic heterocycles. The van der Waals surface area contributed by atoms with Gasteiger partial charge in [0.05, 0.1) is 23.6 Å². The molecule has 6 heteroatoms. The highest BCUT2D eigenvalue weighted by molar-refractivity contribution is 7.89. The van der Waals surface area contributed by atoms with Gasteiger partial charge in [-0.15, -0.1) is 0 Å². The molecule has 0 aliphatic carbocycles. The Bertz CT molecular complexity index is 1210. The second kappa shape index (κ2) is 7.79. The van der Waals surface area contributed by atoms with E-state index in [1.54, 1.807) is 16.4 Å². The predicted molar refractivity (Wildman–Crippen MR) is 122 cm³/mol. The average molecular weight is 435 g/mol. The number of nitrogens with zero attached hydrogens (tertiary/aromatic N) is 1. The lowest BCUT2D eigenvalue weighted by Crippen LogP contribution is -2.42. The Balaban J connectivity index is 1.63. The SMILES string of the molecule is Cc1ccccc1S(=O)(=O)N1CC[C@H]2[C@H](CO)Nc3ccc(-c4ccccc4)cc3[C@H]21. The van der Waals surface area contributed by atoms with Gasteiger partial charge in [-0.05, 0) is 53.8 Å². The van der Waals surface area contributed by atoms with Gasteiger partial charge in [-0.1, -0.05) is 54.6 Å². The van der Waals surface area contributed by atoms with E-state index in [0.29, 0.717) is 17.9 Å². The van der Waals surface area contributed by atoms with Gasteiger partial charge in [0, 0.05) is 18.2 Å². The Morgan fingerprint density at radius 3 is 2.48 bits per heavy atom. The normalized spacial score (nSPS) is 23.1. The zero-order valence-electron chi connectivity index (χ0n) is 17.4. The smallest absolute Gasteiger partial charge is 0.243 e. The van der Waals surface area contributed by atoms with Gasteiger partial charge in [0.25, 0.3) is 0 Å². The van der Waals surface area contributed by atoms with Crippen molar-refractivity contribution in [3.05, 3.63) is 83.9 Å². The van der Waals surface area contributed by atoms with Crippen LogP contribution in [0.2, 0.25) is 0 Å². The number of benzene rings is 3. The molecule has 160 valence electrons. The summed E-state index contributed by atoms with van der Waals surface area (Å²) >= 11 is 0. The van der Waals surface area contributed by atoms with E-state index >= 15 is 0 Å². The molecule has 2 heterocycles. The molecular weight excluding hydrogens is 408 g/mol. The molecule has 1 fully saturated rings. The molecule has 3 aromatic carbocycles. The van der Waals surface area contributed by atoms with Crippen molar-refractivity contribution in [2.45, 2.75) is 30.3 Å². The Morgan fingerprint density at radius 1 is 1.00 bits per heavy atom. The van der Waals surface area contributed by atoms with Crippen LogP contribution in [0.5, 0.6) is 0 Å². The summed E-state index contributed by atoms with van der Waals surface area (Å²) in [5, 5.41) is 13.5. The maximum absolute atomic E-state index is 13.7. The number of aliphatic hydroxyl groups excluding tert-OH is 1. The number of anilines is 1. The molecule has 3 aromatic rings. The number of fused-ring (bicyclic) bond motifs is 3. The van der Waals surface area contributed by atoms with E-state index in [1.807, 2.05) is 49.4 Å². The van der Waals surface area contributed by atoms with Gasteiger partial charge in [0.2, 0.25) is 10.0 Å². The third-order valence-corrected chi connectivity index (χ3v) is 8.65. The highest BCUT2D eigenvalue weighted by Gasteiger charge is 2.48. The van der Waals surface area contributed by atoms with Crippen molar-refractivity contribution in [1.82, 2.24) is 4.31 Å². The summed E-state index contributed by atoms with van der Waals surface area (Å²) in [6.45, 7) is 2.25. The lowest BCUT2D eigenvalue weighted by atomic mass is 9.82. The first-order chi connectivity index (χ1) is 15.0. The summed E-state index contributed by atoms with van der Waals surface area (Å²) < 4.78 is 29.1. The number of aliphatic hydroxyl groups is 1. The molecule has 1 saturated heterocycles. The third kappa shape index (κ3) is 3.35. The van der Waals surface area contributed by atoms with Crippen molar-refractivity contribution >= 4 is 15.7 Å². The highest BCUT2D eigenvalue weighted by Crippen LogP contribution is 2.49. The van der Waals surface area contributed by atoms with Gasteiger partial charge in [-0.2, -0.15) is 4.31 Å². The minimum Gasteiger partial charge on any atom is -0.394 e. The minimum absolute atomic E-state index is 0.0160. The summed E-state index contributed by atoms with van der Waals surface area (Å²) in [4.78, 5) is 0.357. The second-order valence-electron chi connectivity index (χ2n) is 8.38. The fourth-order valence-corrected chi connectivity index (χ4v) is 6.97. The molecule has 31 heavy (non-hydrogen) atoms. The number of sulfonamides is 1. The van der Waals surface area contributed by atoms with Crippen LogP contribution >= 0.6 is 0 Å². The van der Waals surface area contributed by atoms with E-state index in [0.717, 1.165) is 27.9 Å². The zero-order chi connectivity index (χ0) is 21.6. The van der Waals surface area contributed by atoms with Gasteiger partial charge in [0.15, 0.2) is 0 Å². The fourth-order valence-electron chi connectivity index (χ4n) is 5.07. The molecule has 0 unspecified atom stereocenters. The van der Waals surface area contributed by atoms with Gasteiger partial charge in [-0.25, -0.2) is 8.42 Å². The van der Waals surface area contributed by atoms with Crippen LogP contribution < -0.4 is 5.32 Å². The summed E-state index contributed by atoms with van der Waals surface area (Å²) in [5.41, 5.74) is 4.77. The van der Waals surface area contributed by atoms with E-state index in [-0.39, 0.29) is 24.6 Å². The molecule has 5 nitrogen and oxygen atoms in total. The maximum Gasteiger partial charge on any atom is 0.243 e. The standard InChI is InChI=1S/C25H26N2O3S/c1-17-7-5-6-10-24(17)31(29,30)27-14-13-20-23(16-28)26-22-12-11-19(15-21(22)25(20)27)18-8-3-2-4-9-18/h2-12,15,20,23,25-26,28H,13-14,16H2,1H3/t20-,23-,25-/m0/s1. The van der Waals surface area contributed by atoms with Crippen molar-refractivity contribution in [3.63, 3.8) is 0 Å². The molecular formula is C25H26N2O3S. The number of hydrogen-bond acceptors (Lipinski definition) is 4. The first-order valence-corrected chi connectivity index (χ1v) is 12.1. The summed E-state index contributed by atoms with van der Waals surface area (Å²) in [7, 11) is -3.67. The number of rotatable bonds is 4. The van der Waals surface area contributed by atoms with Crippen molar-refractivity contribution in [2.24, 2.45) is 5.92 Å². The maximum atomic E-state index is 13.7. The summed E-state index contributed by atoms with van der Waals surface area (Å²) in [5.74, 6) is 0.0160. The predicted octanol–water partition coefficient (Wildman–Crippen LogP) is 4.20. The van der Waals surface area contributed by atoms with Gasteiger partial charge in [-0.3, -0.25) is 0 Å². The van der Waals surface area contributed by atoms with Crippen LogP contribution in [0.15, 0.2) is 77.7 Å². The van der Waals surface area contributed by atoms with Crippen molar-refractivity contribution in [1.29, 1.82) is 0 Å². The van der Waals surface area contributed by atoms with Crippen molar-refractivity contribution in [3.8, 4) is 11.1 Å². The Morgan fingerprint density at radius 2 is 1.74 bits per heavy atom.